The Morgan fingerprint density at radius 3 is 2.71 bits per heavy atom. The molecule has 2 rings (SSSR count). The van der Waals surface area contributed by atoms with Crippen LogP contribution in [0.4, 0.5) is 0 Å². The van der Waals surface area contributed by atoms with Gasteiger partial charge in [-0.1, -0.05) is 39.0 Å². The van der Waals surface area contributed by atoms with Crippen molar-refractivity contribution in [2.75, 3.05) is 33.3 Å². The summed E-state index contributed by atoms with van der Waals surface area (Å²) in [5, 5.41) is 3.29. The van der Waals surface area contributed by atoms with Gasteiger partial charge in [0.05, 0.1) is 12.7 Å². The molecule has 0 radical (unpaired) electrons. The van der Waals surface area contributed by atoms with E-state index in [-0.39, 0.29) is 17.4 Å². The lowest BCUT2D eigenvalue weighted by Gasteiger charge is -2.29. The largest absolute Gasteiger partial charge is 0.374 e. The van der Waals surface area contributed by atoms with Crippen molar-refractivity contribution in [3.63, 3.8) is 0 Å². The molecule has 1 aromatic rings. The average molecular weight is 290 g/mol. The first-order valence-corrected chi connectivity index (χ1v) is 7.57. The van der Waals surface area contributed by atoms with Crippen LogP contribution in [0.5, 0.6) is 0 Å². The molecule has 4 nitrogen and oxygen atoms in total. The Labute approximate surface area is 127 Å². The topological polar surface area (TPSA) is 41.6 Å². The Hall–Kier alpha value is -1.39. The monoisotopic (exact) mass is 290 g/mol. The number of nitrogens with zero attached hydrogens (tertiary/aromatic N) is 1. The number of carbonyl (C=O) groups is 1. The highest BCUT2D eigenvalue weighted by Gasteiger charge is 2.25. The molecule has 21 heavy (non-hydrogen) atoms. The van der Waals surface area contributed by atoms with Gasteiger partial charge in [-0.15, -0.1) is 0 Å². The molecule has 0 bridgehead atoms. The zero-order valence-electron chi connectivity index (χ0n) is 13.5. The fourth-order valence-corrected chi connectivity index (χ4v) is 2.65. The van der Waals surface area contributed by atoms with Gasteiger partial charge < -0.3 is 15.0 Å². The van der Waals surface area contributed by atoms with Crippen LogP contribution in [0, 0.1) is 0 Å². The fourth-order valence-electron chi connectivity index (χ4n) is 2.65. The van der Waals surface area contributed by atoms with Crippen LogP contribution in [-0.2, 0) is 10.2 Å². The standard InChI is InChI=1S/C17H26N2O2/c1-17(2,3)15-8-6-5-7-14(15)16(20)19(4)12-13-11-18-9-10-21-13/h5-8,13,18H,9-12H2,1-4H3. The molecule has 4 heteroatoms. The summed E-state index contributed by atoms with van der Waals surface area (Å²) in [6.07, 6.45) is 0.0782. The van der Waals surface area contributed by atoms with E-state index in [1.54, 1.807) is 4.90 Å². The Kier molecular flexibility index (Phi) is 5.01. The molecule has 1 unspecified atom stereocenters. The average Bonchev–Trinajstić information content (AvgIpc) is 2.46. The summed E-state index contributed by atoms with van der Waals surface area (Å²) in [5.74, 6) is 0.0645. The Balaban J connectivity index is 2.12. The number of morpholine rings is 1. The maximum absolute atomic E-state index is 12.7. The van der Waals surface area contributed by atoms with Gasteiger partial charge in [0.15, 0.2) is 0 Å². The minimum Gasteiger partial charge on any atom is -0.374 e. The highest BCUT2D eigenvalue weighted by molar-refractivity contribution is 5.95. The molecule has 1 atom stereocenters. The van der Waals surface area contributed by atoms with Crippen molar-refractivity contribution in [2.45, 2.75) is 32.3 Å². The van der Waals surface area contributed by atoms with E-state index in [2.05, 4.69) is 26.1 Å². The molecule has 1 aromatic carbocycles. The van der Waals surface area contributed by atoms with Gasteiger partial charge in [-0.2, -0.15) is 0 Å². The minimum absolute atomic E-state index is 0.0456. The number of nitrogens with one attached hydrogen (secondary N) is 1. The molecule has 0 aliphatic carbocycles. The van der Waals surface area contributed by atoms with Crippen LogP contribution < -0.4 is 5.32 Å². The Morgan fingerprint density at radius 2 is 2.10 bits per heavy atom. The number of carbonyl (C=O) groups excluding carboxylic acids is 1. The SMILES string of the molecule is CN(CC1CNCCO1)C(=O)c1ccccc1C(C)(C)C. The highest BCUT2D eigenvalue weighted by atomic mass is 16.5. The van der Waals surface area contributed by atoms with Gasteiger partial charge in [-0.25, -0.2) is 0 Å². The number of hydrogen-bond donors (Lipinski definition) is 1. The first kappa shape index (κ1) is 16.0. The van der Waals surface area contributed by atoms with E-state index in [0.717, 1.165) is 24.2 Å². The van der Waals surface area contributed by atoms with Crippen LogP contribution in [0.25, 0.3) is 0 Å². The maximum atomic E-state index is 12.7. The molecule has 1 fully saturated rings. The van der Waals surface area contributed by atoms with Crippen LogP contribution in [0.2, 0.25) is 0 Å². The van der Waals surface area contributed by atoms with Gasteiger partial charge in [0.2, 0.25) is 0 Å². The van der Waals surface area contributed by atoms with Crippen molar-refractivity contribution < 1.29 is 9.53 Å². The number of benzene rings is 1. The van der Waals surface area contributed by atoms with Crippen LogP contribution >= 0.6 is 0 Å². The lowest BCUT2D eigenvalue weighted by atomic mass is 9.83. The number of ether oxygens (including phenoxy) is 1. The zero-order chi connectivity index (χ0) is 15.5. The molecule has 1 saturated heterocycles. The van der Waals surface area contributed by atoms with Crippen molar-refractivity contribution in [2.24, 2.45) is 0 Å². The van der Waals surface area contributed by atoms with E-state index < -0.39 is 0 Å². The molecule has 1 aliphatic heterocycles. The molecule has 1 N–H and O–H groups in total. The molecule has 0 spiro atoms. The fraction of sp³-hybridized carbons (Fsp3) is 0.588. The van der Waals surface area contributed by atoms with Gasteiger partial charge in [0.1, 0.15) is 0 Å². The van der Waals surface area contributed by atoms with Gasteiger partial charge in [0, 0.05) is 32.2 Å². The number of likely N-dealkylation sites (N-methyl/N-ethyl adjacent to an activating group) is 1. The number of rotatable bonds is 3. The molecule has 1 amide bonds. The summed E-state index contributed by atoms with van der Waals surface area (Å²) in [7, 11) is 1.85. The lowest BCUT2D eigenvalue weighted by Crippen LogP contribution is -2.46. The van der Waals surface area contributed by atoms with Crippen LogP contribution in [0.3, 0.4) is 0 Å². The second kappa shape index (κ2) is 6.58. The van der Waals surface area contributed by atoms with Crippen molar-refractivity contribution in [3.8, 4) is 0 Å². The summed E-state index contributed by atoms with van der Waals surface area (Å²) in [6.45, 7) is 9.42. The lowest BCUT2D eigenvalue weighted by molar-refractivity contribution is 0.0103. The molecule has 0 saturated carbocycles. The van der Waals surface area contributed by atoms with Gasteiger partial charge in [0.25, 0.3) is 5.91 Å². The third-order valence-electron chi connectivity index (χ3n) is 3.79. The van der Waals surface area contributed by atoms with Crippen LogP contribution in [-0.4, -0.2) is 50.2 Å². The summed E-state index contributed by atoms with van der Waals surface area (Å²) in [4.78, 5) is 14.5. The molecular weight excluding hydrogens is 264 g/mol. The normalized spacial score (nSPS) is 19.3. The highest BCUT2D eigenvalue weighted by Crippen LogP contribution is 2.26. The summed E-state index contributed by atoms with van der Waals surface area (Å²) < 4.78 is 5.68. The minimum atomic E-state index is -0.0456. The van der Waals surface area contributed by atoms with Crippen molar-refractivity contribution in [1.29, 1.82) is 0 Å². The second-order valence-corrected chi connectivity index (χ2v) is 6.68. The molecule has 116 valence electrons. The van der Waals surface area contributed by atoms with E-state index in [1.165, 1.54) is 0 Å². The summed E-state index contributed by atoms with van der Waals surface area (Å²) in [5.41, 5.74) is 1.83. The van der Waals surface area contributed by atoms with Crippen LogP contribution in [0.15, 0.2) is 24.3 Å². The first-order chi connectivity index (χ1) is 9.89. The Bertz CT molecular complexity index is 488. The predicted octanol–water partition coefficient (Wildman–Crippen LogP) is 2.04. The number of amides is 1. The zero-order valence-corrected chi connectivity index (χ0v) is 13.5. The van der Waals surface area contributed by atoms with E-state index in [0.29, 0.717) is 13.2 Å². The Morgan fingerprint density at radius 1 is 1.38 bits per heavy atom. The second-order valence-electron chi connectivity index (χ2n) is 6.68. The van der Waals surface area contributed by atoms with E-state index in [4.69, 9.17) is 4.74 Å². The van der Waals surface area contributed by atoms with E-state index >= 15 is 0 Å². The molecule has 1 heterocycles. The van der Waals surface area contributed by atoms with Gasteiger partial charge >= 0.3 is 0 Å². The van der Waals surface area contributed by atoms with E-state index in [1.807, 2.05) is 31.3 Å². The molecule has 1 aliphatic rings. The van der Waals surface area contributed by atoms with Crippen LogP contribution in [0.1, 0.15) is 36.7 Å². The predicted molar refractivity (Wildman–Crippen MR) is 84.7 cm³/mol. The summed E-state index contributed by atoms with van der Waals surface area (Å²) in [6, 6.07) is 7.87. The van der Waals surface area contributed by atoms with Gasteiger partial charge in [-0.05, 0) is 17.0 Å². The van der Waals surface area contributed by atoms with Crippen molar-refractivity contribution >= 4 is 5.91 Å². The number of hydrogen-bond acceptors (Lipinski definition) is 3. The molecule has 0 aromatic heterocycles. The van der Waals surface area contributed by atoms with Crippen molar-refractivity contribution in [3.05, 3.63) is 35.4 Å². The third-order valence-corrected chi connectivity index (χ3v) is 3.79. The van der Waals surface area contributed by atoms with Crippen molar-refractivity contribution in [1.82, 2.24) is 10.2 Å². The van der Waals surface area contributed by atoms with Gasteiger partial charge in [-0.3, -0.25) is 4.79 Å². The maximum Gasteiger partial charge on any atom is 0.253 e. The first-order valence-electron chi connectivity index (χ1n) is 7.57. The third kappa shape index (κ3) is 4.05. The summed E-state index contributed by atoms with van der Waals surface area (Å²) >= 11 is 0. The smallest absolute Gasteiger partial charge is 0.253 e. The van der Waals surface area contributed by atoms with E-state index in [9.17, 15) is 4.79 Å². The quantitative estimate of drug-likeness (QED) is 0.926. The molecular formula is C17H26N2O2.